The molecular formula is C13H18N4O5. The maximum atomic E-state index is 11.1. The summed E-state index contributed by atoms with van der Waals surface area (Å²) in [5, 5.41) is 25.1. The molecule has 1 aliphatic carbocycles. The minimum Gasteiger partial charge on any atom is -0.463 e. The van der Waals surface area contributed by atoms with Gasteiger partial charge in [-0.2, -0.15) is 10.2 Å². The molecule has 9 nitrogen and oxygen atoms in total. The summed E-state index contributed by atoms with van der Waals surface area (Å²) in [5.41, 5.74) is 1.26. The van der Waals surface area contributed by atoms with Crippen molar-refractivity contribution in [3.8, 4) is 0 Å². The first kappa shape index (κ1) is 16.0. The highest BCUT2D eigenvalue weighted by Crippen LogP contribution is 2.33. The molecule has 0 bridgehead atoms. The first-order valence-corrected chi connectivity index (χ1v) is 6.87. The third-order valence-corrected chi connectivity index (χ3v) is 3.77. The van der Waals surface area contributed by atoms with Crippen LogP contribution in [0.5, 0.6) is 0 Å². The van der Waals surface area contributed by atoms with Crippen LogP contribution in [0.15, 0.2) is 12.3 Å². The Bertz CT molecular complexity index is 610. The van der Waals surface area contributed by atoms with Gasteiger partial charge in [-0.05, 0) is 31.3 Å². The molecule has 120 valence electrons. The normalized spacial score (nSPS) is 18.5. The first-order chi connectivity index (χ1) is 10.5. The van der Waals surface area contributed by atoms with Crippen molar-refractivity contribution in [1.82, 2.24) is 14.8 Å². The lowest BCUT2D eigenvalue weighted by molar-refractivity contribution is -0.385. The second-order valence-corrected chi connectivity index (χ2v) is 5.05. The van der Waals surface area contributed by atoms with Crippen LogP contribution in [-0.2, 0) is 11.9 Å². The van der Waals surface area contributed by atoms with E-state index in [4.69, 9.17) is 9.94 Å². The average Bonchev–Trinajstić information content (AvgIpc) is 2.69. The molecule has 1 aliphatic rings. The quantitative estimate of drug-likeness (QED) is 0.674. The van der Waals surface area contributed by atoms with Crippen LogP contribution in [0.4, 0.5) is 10.5 Å². The zero-order valence-electron chi connectivity index (χ0n) is 12.4. The fraction of sp³-hybridized carbons (Fsp3) is 0.538. The molecule has 0 saturated carbocycles. The summed E-state index contributed by atoms with van der Waals surface area (Å²) in [6, 6.07) is -0.275. The third-order valence-electron chi connectivity index (χ3n) is 3.77. The number of rotatable bonds is 4. The molecule has 0 fully saturated rings. The van der Waals surface area contributed by atoms with Gasteiger partial charge in [-0.3, -0.25) is 19.6 Å². The topological polar surface area (TPSA) is 111 Å². The lowest BCUT2D eigenvalue weighted by atomic mass is 10.0. The highest BCUT2D eigenvalue weighted by Gasteiger charge is 2.28. The second kappa shape index (κ2) is 6.56. The SMILES string of the molecule is CON(C(=O)O)C1CCC=C(c2c([N+](=O)[O-])cnn2C)CC1. The molecule has 9 heteroatoms. The van der Waals surface area contributed by atoms with Crippen LogP contribution < -0.4 is 0 Å². The van der Waals surface area contributed by atoms with Crippen LogP contribution in [0.3, 0.4) is 0 Å². The van der Waals surface area contributed by atoms with Gasteiger partial charge in [0.15, 0.2) is 0 Å². The fourth-order valence-electron chi connectivity index (χ4n) is 2.78. The summed E-state index contributed by atoms with van der Waals surface area (Å²) >= 11 is 0. The molecule has 22 heavy (non-hydrogen) atoms. The van der Waals surface area contributed by atoms with E-state index < -0.39 is 11.0 Å². The molecule has 0 spiro atoms. The van der Waals surface area contributed by atoms with Crippen molar-refractivity contribution in [2.24, 2.45) is 7.05 Å². The summed E-state index contributed by atoms with van der Waals surface area (Å²) in [5.74, 6) is 0. The van der Waals surface area contributed by atoms with Gasteiger partial charge in [0.1, 0.15) is 11.9 Å². The molecule has 2 rings (SSSR count). The summed E-state index contributed by atoms with van der Waals surface area (Å²) in [7, 11) is 2.98. The van der Waals surface area contributed by atoms with Crippen LogP contribution >= 0.6 is 0 Å². The number of amides is 1. The Labute approximate surface area is 126 Å². The van der Waals surface area contributed by atoms with Crippen molar-refractivity contribution in [2.75, 3.05) is 7.11 Å². The number of carboxylic acid groups (broad SMARTS) is 1. The molecule has 1 aromatic heterocycles. The maximum absolute atomic E-state index is 11.1. The van der Waals surface area contributed by atoms with E-state index in [1.165, 1.54) is 18.0 Å². The molecule has 1 atom stereocenters. The molecular weight excluding hydrogens is 292 g/mol. The molecule has 1 aromatic rings. The number of hydrogen-bond acceptors (Lipinski definition) is 5. The molecule has 0 aromatic carbocycles. The van der Waals surface area contributed by atoms with Crippen LogP contribution in [0, 0.1) is 10.1 Å². The molecule has 1 amide bonds. The van der Waals surface area contributed by atoms with Gasteiger partial charge in [0.2, 0.25) is 0 Å². The van der Waals surface area contributed by atoms with Gasteiger partial charge in [0.25, 0.3) is 0 Å². The Balaban J connectivity index is 2.20. The Morgan fingerprint density at radius 2 is 2.32 bits per heavy atom. The zero-order chi connectivity index (χ0) is 16.3. The monoisotopic (exact) mass is 310 g/mol. The average molecular weight is 310 g/mol. The van der Waals surface area contributed by atoms with Gasteiger partial charge in [0.05, 0.1) is 18.1 Å². The number of hydrogen-bond donors (Lipinski definition) is 1. The molecule has 1 N–H and O–H groups in total. The number of hydroxylamine groups is 2. The van der Waals surface area contributed by atoms with Crippen LogP contribution in [0.1, 0.15) is 31.4 Å². The zero-order valence-corrected chi connectivity index (χ0v) is 12.4. The number of aromatic nitrogens is 2. The smallest absolute Gasteiger partial charge is 0.431 e. The van der Waals surface area contributed by atoms with Crippen LogP contribution in [0.2, 0.25) is 0 Å². The first-order valence-electron chi connectivity index (χ1n) is 6.87. The van der Waals surface area contributed by atoms with E-state index in [1.54, 1.807) is 7.05 Å². The molecule has 0 saturated heterocycles. The van der Waals surface area contributed by atoms with Crippen LogP contribution in [-0.4, -0.2) is 44.1 Å². The van der Waals surface area contributed by atoms with E-state index in [-0.39, 0.29) is 11.7 Å². The lowest BCUT2D eigenvalue weighted by Crippen LogP contribution is -2.38. The fourth-order valence-corrected chi connectivity index (χ4v) is 2.78. The van der Waals surface area contributed by atoms with E-state index in [2.05, 4.69) is 5.10 Å². The third kappa shape index (κ3) is 3.08. The van der Waals surface area contributed by atoms with Gasteiger partial charge in [-0.15, -0.1) is 0 Å². The molecule has 0 radical (unpaired) electrons. The predicted octanol–water partition coefficient (Wildman–Crippen LogP) is 2.20. The number of nitro groups is 1. The van der Waals surface area contributed by atoms with Crippen LogP contribution in [0.25, 0.3) is 5.57 Å². The standard InChI is InChI=1S/C13H18N4O5/c1-15-12(11(8-14-15)17(20)21)9-4-3-5-10(7-6-9)16(22-2)13(18)19/h4,8,10H,3,5-7H2,1-2H3,(H,18,19). The lowest BCUT2D eigenvalue weighted by Gasteiger charge is -2.25. The van der Waals surface area contributed by atoms with E-state index in [0.29, 0.717) is 31.4 Å². The summed E-state index contributed by atoms with van der Waals surface area (Å²) < 4.78 is 1.48. The number of allylic oxidation sites excluding steroid dienone is 2. The highest BCUT2D eigenvalue weighted by molar-refractivity contribution is 5.70. The van der Waals surface area contributed by atoms with Gasteiger partial charge in [-0.25, -0.2) is 4.79 Å². The second-order valence-electron chi connectivity index (χ2n) is 5.05. The largest absolute Gasteiger partial charge is 0.463 e. The molecule has 0 aliphatic heterocycles. The summed E-state index contributed by atoms with van der Waals surface area (Å²) in [6.45, 7) is 0. The highest BCUT2D eigenvalue weighted by atomic mass is 16.7. The minimum absolute atomic E-state index is 0.0333. The summed E-state index contributed by atoms with van der Waals surface area (Å²) in [6.07, 6.45) is 4.30. The van der Waals surface area contributed by atoms with E-state index in [9.17, 15) is 14.9 Å². The summed E-state index contributed by atoms with van der Waals surface area (Å²) in [4.78, 5) is 26.7. The number of nitrogens with zero attached hydrogens (tertiary/aromatic N) is 4. The Hall–Kier alpha value is -2.42. The predicted molar refractivity (Wildman–Crippen MR) is 77.0 cm³/mol. The number of aryl methyl sites for hydroxylation is 1. The van der Waals surface area contributed by atoms with Crippen molar-refractivity contribution >= 4 is 17.4 Å². The Morgan fingerprint density at radius 1 is 1.59 bits per heavy atom. The van der Waals surface area contributed by atoms with Crippen molar-refractivity contribution in [3.05, 3.63) is 28.1 Å². The van der Waals surface area contributed by atoms with Crippen molar-refractivity contribution in [3.63, 3.8) is 0 Å². The van der Waals surface area contributed by atoms with E-state index in [0.717, 1.165) is 10.6 Å². The van der Waals surface area contributed by atoms with Gasteiger partial charge < -0.3 is 5.11 Å². The van der Waals surface area contributed by atoms with Crippen molar-refractivity contribution in [2.45, 2.75) is 31.7 Å². The molecule has 1 unspecified atom stereocenters. The van der Waals surface area contributed by atoms with Gasteiger partial charge in [0, 0.05) is 7.05 Å². The van der Waals surface area contributed by atoms with Gasteiger partial charge in [-0.1, -0.05) is 6.08 Å². The van der Waals surface area contributed by atoms with E-state index in [1.807, 2.05) is 6.08 Å². The minimum atomic E-state index is -1.14. The van der Waals surface area contributed by atoms with Crippen molar-refractivity contribution in [1.29, 1.82) is 0 Å². The van der Waals surface area contributed by atoms with Crippen molar-refractivity contribution < 1.29 is 19.7 Å². The molecule has 1 heterocycles. The Kier molecular flexibility index (Phi) is 4.76. The maximum Gasteiger partial charge on any atom is 0.431 e. The van der Waals surface area contributed by atoms with E-state index >= 15 is 0 Å². The Morgan fingerprint density at radius 3 is 2.91 bits per heavy atom. The van der Waals surface area contributed by atoms with Gasteiger partial charge >= 0.3 is 11.8 Å². The number of carbonyl (C=O) groups is 1.